The zero-order chi connectivity index (χ0) is 19.3. The molecule has 1 fully saturated rings. The summed E-state index contributed by atoms with van der Waals surface area (Å²) in [5.74, 6) is 1.47. The van der Waals surface area contributed by atoms with E-state index in [0.29, 0.717) is 6.61 Å². The van der Waals surface area contributed by atoms with Crippen molar-refractivity contribution >= 4 is 5.69 Å². The summed E-state index contributed by atoms with van der Waals surface area (Å²) in [5.41, 5.74) is 3.54. The van der Waals surface area contributed by atoms with Gasteiger partial charge in [-0.25, -0.2) is 0 Å². The second-order valence-electron chi connectivity index (χ2n) is 6.88. The summed E-state index contributed by atoms with van der Waals surface area (Å²) in [7, 11) is 3.32. The maximum atomic E-state index is 6.30. The molecule has 28 heavy (non-hydrogen) atoms. The summed E-state index contributed by atoms with van der Waals surface area (Å²) in [4.78, 5) is 2.37. The number of hydrogen-bond acceptors (Lipinski definition) is 4. The minimum Gasteiger partial charge on any atom is -0.493 e. The Balaban J connectivity index is 1.59. The second kappa shape index (κ2) is 8.36. The molecule has 0 radical (unpaired) electrons. The van der Waals surface area contributed by atoms with Gasteiger partial charge in [0.2, 0.25) is 0 Å². The van der Waals surface area contributed by atoms with Gasteiger partial charge in [0, 0.05) is 12.2 Å². The minimum atomic E-state index is 0.110. The highest BCUT2D eigenvalue weighted by Crippen LogP contribution is 2.42. The van der Waals surface area contributed by atoms with Gasteiger partial charge in [-0.3, -0.25) is 0 Å². The minimum absolute atomic E-state index is 0.110. The predicted octanol–water partition coefficient (Wildman–Crippen LogP) is 4.85. The molecular weight excluding hydrogens is 350 g/mol. The molecule has 1 aliphatic rings. The van der Waals surface area contributed by atoms with Crippen molar-refractivity contribution in [1.29, 1.82) is 0 Å². The molecule has 1 aliphatic heterocycles. The number of nitrogens with zero attached hydrogens (tertiary/aromatic N) is 1. The van der Waals surface area contributed by atoms with Gasteiger partial charge in [-0.2, -0.15) is 0 Å². The maximum Gasteiger partial charge on any atom is 0.161 e. The molecule has 4 nitrogen and oxygen atoms in total. The summed E-state index contributed by atoms with van der Waals surface area (Å²) in [6.45, 7) is 1.47. The van der Waals surface area contributed by atoms with Crippen LogP contribution in [0.5, 0.6) is 11.5 Å². The standard InChI is InChI=1S/C24H25NO3/c1-26-21-14-13-19(15-22(21)27-2)24-23(28-17-18-9-5-3-6-10-18)16-25(24)20-11-7-4-8-12-20/h3-15,23-24H,16-17H2,1-2H3/t23-,24-/m0/s1. The molecule has 0 N–H and O–H groups in total. The van der Waals surface area contributed by atoms with Crippen LogP contribution in [0.25, 0.3) is 0 Å². The monoisotopic (exact) mass is 375 g/mol. The number of ether oxygens (including phenoxy) is 3. The van der Waals surface area contributed by atoms with E-state index in [4.69, 9.17) is 14.2 Å². The predicted molar refractivity (Wildman–Crippen MR) is 111 cm³/mol. The van der Waals surface area contributed by atoms with Gasteiger partial charge in [0.25, 0.3) is 0 Å². The van der Waals surface area contributed by atoms with Gasteiger partial charge in [-0.05, 0) is 35.4 Å². The zero-order valence-corrected chi connectivity index (χ0v) is 16.2. The van der Waals surface area contributed by atoms with Gasteiger partial charge in [-0.1, -0.05) is 54.6 Å². The molecule has 0 unspecified atom stereocenters. The Morgan fingerprint density at radius 1 is 0.821 bits per heavy atom. The van der Waals surface area contributed by atoms with Crippen molar-refractivity contribution in [2.45, 2.75) is 18.8 Å². The zero-order valence-electron chi connectivity index (χ0n) is 16.2. The molecule has 3 aromatic rings. The third-order valence-corrected chi connectivity index (χ3v) is 5.21. The molecule has 0 spiro atoms. The molecule has 4 rings (SSSR count). The van der Waals surface area contributed by atoms with Crippen molar-refractivity contribution in [3.63, 3.8) is 0 Å². The molecule has 2 atom stereocenters. The average Bonchev–Trinajstić information content (AvgIpc) is 2.74. The summed E-state index contributed by atoms with van der Waals surface area (Å²) in [6.07, 6.45) is 0.110. The van der Waals surface area contributed by atoms with Crippen LogP contribution < -0.4 is 14.4 Å². The van der Waals surface area contributed by atoms with Crippen molar-refractivity contribution in [2.24, 2.45) is 0 Å². The fourth-order valence-electron chi connectivity index (χ4n) is 3.71. The van der Waals surface area contributed by atoms with Crippen molar-refractivity contribution in [2.75, 3.05) is 25.7 Å². The van der Waals surface area contributed by atoms with Crippen LogP contribution in [0.3, 0.4) is 0 Å². The Kier molecular flexibility index (Phi) is 5.49. The summed E-state index contributed by atoms with van der Waals surface area (Å²) in [6, 6.07) is 27.0. The second-order valence-corrected chi connectivity index (χ2v) is 6.88. The molecule has 144 valence electrons. The summed E-state index contributed by atoms with van der Waals surface area (Å²) < 4.78 is 17.2. The number of anilines is 1. The number of rotatable bonds is 7. The van der Waals surface area contributed by atoms with Crippen LogP contribution in [-0.4, -0.2) is 26.9 Å². The van der Waals surface area contributed by atoms with Crippen molar-refractivity contribution in [3.8, 4) is 11.5 Å². The molecule has 0 amide bonds. The van der Waals surface area contributed by atoms with Crippen LogP contribution in [0.2, 0.25) is 0 Å². The van der Waals surface area contributed by atoms with E-state index in [1.807, 2.05) is 30.3 Å². The molecule has 4 heteroatoms. The van der Waals surface area contributed by atoms with Crippen LogP contribution in [0.1, 0.15) is 17.2 Å². The molecule has 1 saturated heterocycles. The van der Waals surface area contributed by atoms with Gasteiger partial charge in [-0.15, -0.1) is 0 Å². The molecular formula is C24H25NO3. The fraction of sp³-hybridized carbons (Fsp3) is 0.250. The Hall–Kier alpha value is -2.98. The number of methoxy groups -OCH3 is 2. The van der Waals surface area contributed by atoms with E-state index in [1.165, 1.54) is 11.3 Å². The molecule has 1 heterocycles. The summed E-state index contributed by atoms with van der Waals surface area (Å²) >= 11 is 0. The number of benzene rings is 3. The van der Waals surface area contributed by atoms with E-state index >= 15 is 0 Å². The van der Waals surface area contributed by atoms with E-state index in [9.17, 15) is 0 Å². The van der Waals surface area contributed by atoms with Gasteiger partial charge in [0.15, 0.2) is 11.5 Å². The third-order valence-electron chi connectivity index (χ3n) is 5.21. The smallest absolute Gasteiger partial charge is 0.161 e. The Bertz CT molecular complexity index is 896. The highest BCUT2D eigenvalue weighted by Gasteiger charge is 2.41. The number of hydrogen-bond donors (Lipinski definition) is 0. The first-order valence-corrected chi connectivity index (χ1v) is 9.49. The number of para-hydroxylation sites is 1. The molecule has 0 aliphatic carbocycles. The Morgan fingerprint density at radius 3 is 2.18 bits per heavy atom. The van der Waals surface area contributed by atoms with E-state index in [-0.39, 0.29) is 12.1 Å². The van der Waals surface area contributed by atoms with Crippen molar-refractivity contribution in [1.82, 2.24) is 0 Å². The lowest BCUT2D eigenvalue weighted by molar-refractivity contribution is -0.00978. The quantitative estimate of drug-likeness (QED) is 0.591. The van der Waals surface area contributed by atoms with Crippen LogP contribution in [-0.2, 0) is 11.3 Å². The first kappa shape index (κ1) is 18.4. The normalized spacial score (nSPS) is 18.4. The van der Waals surface area contributed by atoms with Gasteiger partial charge < -0.3 is 19.1 Å². The van der Waals surface area contributed by atoms with E-state index in [2.05, 4.69) is 53.4 Å². The van der Waals surface area contributed by atoms with Gasteiger partial charge >= 0.3 is 0 Å². The Morgan fingerprint density at radius 2 is 1.50 bits per heavy atom. The SMILES string of the molecule is COc1ccc([C@H]2[C@@H](OCc3ccccc3)CN2c2ccccc2)cc1OC. The average molecular weight is 375 g/mol. The van der Waals surface area contributed by atoms with E-state index < -0.39 is 0 Å². The fourth-order valence-corrected chi connectivity index (χ4v) is 3.71. The third kappa shape index (κ3) is 3.69. The topological polar surface area (TPSA) is 30.9 Å². The van der Waals surface area contributed by atoms with Crippen LogP contribution in [0.15, 0.2) is 78.9 Å². The lowest BCUT2D eigenvalue weighted by atomic mass is 9.90. The first-order chi connectivity index (χ1) is 13.8. The molecule has 0 bridgehead atoms. The van der Waals surface area contributed by atoms with E-state index in [0.717, 1.165) is 23.6 Å². The lowest BCUT2D eigenvalue weighted by Crippen LogP contribution is -2.55. The van der Waals surface area contributed by atoms with Crippen molar-refractivity contribution < 1.29 is 14.2 Å². The largest absolute Gasteiger partial charge is 0.493 e. The lowest BCUT2D eigenvalue weighted by Gasteiger charge is -2.49. The van der Waals surface area contributed by atoms with Crippen LogP contribution in [0.4, 0.5) is 5.69 Å². The molecule has 0 saturated carbocycles. The van der Waals surface area contributed by atoms with Gasteiger partial charge in [0.05, 0.1) is 33.0 Å². The molecule has 3 aromatic carbocycles. The summed E-state index contributed by atoms with van der Waals surface area (Å²) in [5, 5.41) is 0. The Labute approximate surface area is 166 Å². The first-order valence-electron chi connectivity index (χ1n) is 9.49. The van der Waals surface area contributed by atoms with Crippen LogP contribution in [0, 0.1) is 0 Å². The maximum absolute atomic E-state index is 6.30. The highest BCUT2D eigenvalue weighted by molar-refractivity contribution is 5.55. The van der Waals surface area contributed by atoms with E-state index in [1.54, 1.807) is 14.2 Å². The van der Waals surface area contributed by atoms with Gasteiger partial charge in [0.1, 0.15) is 0 Å². The van der Waals surface area contributed by atoms with Crippen molar-refractivity contribution in [3.05, 3.63) is 90.0 Å². The van der Waals surface area contributed by atoms with Crippen LogP contribution >= 0.6 is 0 Å². The highest BCUT2D eigenvalue weighted by atomic mass is 16.5. The molecule has 0 aromatic heterocycles.